The number of thiazole rings is 1. The van der Waals surface area contributed by atoms with Crippen molar-refractivity contribution in [3.63, 3.8) is 0 Å². The van der Waals surface area contributed by atoms with Crippen LogP contribution in [-0.2, 0) is 11.3 Å². The SMILES string of the molecule is Cc1nc(N(Cc2ccccc2)C(=O)CN2CCCCC2)sc1-c1ccccc1. The zero-order valence-corrected chi connectivity index (χ0v) is 17.7. The van der Waals surface area contributed by atoms with Crippen LogP contribution in [0.25, 0.3) is 10.4 Å². The Morgan fingerprint density at radius 3 is 2.34 bits per heavy atom. The summed E-state index contributed by atoms with van der Waals surface area (Å²) in [6.07, 6.45) is 3.63. The van der Waals surface area contributed by atoms with Gasteiger partial charge in [0.05, 0.1) is 23.7 Å². The molecule has 0 unspecified atom stereocenters. The Bertz CT molecular complexity index is 933. The summed E-state index contributed by atoms with van der Waals surface area (Å²) in [6, 6.07) is 20.5. The molecule has 5 heteroatoms. The van der Waals surface area contributed by atoms with Crippen molar-refractivity contribution < 1.29 is 4.79 Å². The maximum absolute atomic E-state index is 13.3. The molecule has 4 nitrogen and oxygen atoms in total. The van der Waals surface area contributed by atoms with E-state index in [-0.39, 0.29) is 5.91 Å². The van der Waals surface area contributed by atoms with E-state index in [2.05, 4.69) is 29.2 Å². The van der Waals surface area contributed by atoms with Gasteiger partial charge in [-0.05, 0) is 44.0 Å². The Morgan fingerprint density at radius 2 is 1.66 bits per heavy atom. The maximum atomic E-state index is 13.3. The van der Waals surface area contributed by atoms with Gasteiger partial charge in [0.2, 0.25) is 5.91 Å². The van der Waals surface area contributed by atoms with Crippen LogP contribution in [0, 0.1) is 6.92 Å². The summed E-state index contributed by atoms with van der Waals surface area (Å²) < 4.78 is 0. The zero-order chi connectivity index (χ0) is 20.1. The number of anilines is 1. The van der Waals surface area contributed by atoms with Crippen molar-refractivity contribution in [3.8, 4) is 10.4 Å². The molecule has 1 saturated heterocycles. The highest BCUT2D eigenvalue weighted by Crippen LogP contribution is 2.35. The monoisotopic (exact) mass is 405 g/mol. The highest BCUT2D eigenvalue weighted by molar-refractivity contribution is 7.19. The fourth-order valence-corrected chi connectivity index (χ4v) is 4.87. The number of piperidine rings is 1. The van der Waals surface area contributed by atoms with Crippen LogP contribution in [0.15, 0.2) is 60.7 Å². The van der Waals surface area contributed by atoms with Gasteiger partial charge in [0.25, 0.3) is 0 Å². The third-order valence-corrected chi connectivity index (χ3v) is 6.57. The largest absolute Gasteiger partial charge is 0.294 e. The zero-order valence-electron chi connectivity index (χ0n) is 16.9. The average molecular weight is 406 g/mol. The number of aryl methyl sites for hydroxylation is 1. The van der Waals surface area contributed by atoms with Gasteiger partial charge in [-0.1, -0.05) is 78.4 Å². The quantitative estimate of drug-likeness (QED) is 0.570. The van der Waals surface area contributed by atoms with Crippen LogP contribution in [0.1, 0.15) is 30.5 Å². The molecule has 0 atom stereocenters. The van der Waals surface area contributed by atoms with Crippen LogP contribution in [0.5, 0.6) is 0 Å². The number of hydrogen-bond acceptors (Lipinski definition) is 4. The maximum Gasteiger partial charge on any atom is 0.243 e. The predicted molar refractivity (Wildman–Crippen MR) is 120 cm³/mol. The van der Waals surface area contributed by atoms with Crippen molar-refractivity contribution in [1.82, 2.24) is 9.88 Å². The minimum atomic E-state index is 0.129. The molecule has 29 heavy (non-hydrogen) atoms. The fourth-order valence-electron chi connectivity index (χ4n) is 3.78. The Labute approximate surface area is 176 Å². The number of hydrogen-bond donors (Lipinski definition) is 0. The topological polar surface area (TPSA) is 36.4 Å². The molecule has 1 fully saturated rings. The number of benzene rings is 2. The van der Waals surface area contributed by atoms with E-state index in [9.17, 15) is 4.79 Å². The van der Waals surface area contributed by atoms with Gasteiger partial charge in [-0.3, -0.25) is 14.6 Å². The number of likely N-dealkylation sites (tertiary alicyclic amines) is 1. The number of nitrogens with zero attached hydrogens (tertiary/aromatic N) is 3. The summed E-state index contributed by atoms with van der Waals surface area (Å²) in [5.41, 5.74) is 3.24. The smallest absolute Gasteiger partial charge is 0.243 e. The minimum Gasteiger partial charge on any atom is -0.294 e. The first-order valence-electron chi connectivity index (χ1n) is 10.3. The van der Waals surface area contributed by atoms with Gasteiger partial charge >= 0.3 is 0 Å². The molecule has 2 heterocycles. The molecular weight excluding hydrogens is 378 g/mol. The third-order valence-electron chi connectivity index (χ3n) is 5.34. The molecule has 3 aromatic rings. The lowest BCUT2D eigenvalue weighted by molar-refractivity contribution is -0.120. The summed E-state index contributed by atoms with van der Waals surface area (Å²) in [4.78, 5) is 23.4. The van der Waals surface area contributed by atoms with E-state index in [4.69, 9.17) is 4.98 Å². The van der Waals surface area contributed by atoms with Gasteiger partial charge in [-0.15, -0.1) is 0 Å². The van der Waals surface area contributed by atoms with Crippen molar-refractivity contribution in [2.45, 2.75) is 32.7 Å². The van der Waals surface area contributed by atoms with Crippen molar-refractivity contribution in [2.24, 2.45) is 0 Å². The minimum absolute atomic E-state index is 0.129. The van der Waals surface area contributed by atoms with Crippen molar-refractivity contribution in [1.29, 1.82) is 0 Å². The molecule has 1 aliphatic heterocycles. The molecule has 1 aliphatic rings. The lowest BCUT2D eigenvalue weighted by Gasteiger charge is -2.28. The van der Waals surface area contributed by atoms with E-state index in [0.29, 0.717) is 13.1 Å². The first-order chi connectivity index (χ1) is 14.2. The first-order valence-corrected chi connectivity index (χ1v) is 11.1. The number of amides is 1. The molecule has 0 bridgehead atoms. The molecule has 0 aliphatic carbocycles. The highest BCUT2D eigenvalue weighted by Gasteiger charge is 2.24. The predicted octanol–water partition coefficient (Wildman–Crippen LogP) is 5.14. The van der Waals surface area contributed by atoms with Gasteiger partial charge in [-0.2, -0.15) is 0 Å². The van der Waals surface area contributed by atoms with E-state index < -0.39 is 0 Å². The van der Waals surface area contributed by atoms with Crippen molar-refractivity contribution in [2.75, 3.05) is 24.5 Å². The van der Waals surface area contributed by atoms with Crippen LogP contribution in [-0.4, -0.2) is 35.4 Å². The van der Waals surface area contributed by atoms with Gasteiger partial charge in [0.1, 0.15) is 0 Å². The first kappa shape index (κ1) is 19.8. The second-order valence-corrected chi connectivity index (χ2v) is 8.56. The number of rotatable bonds is 6. The summed E-state index contributed by atoms with van der Waals surface area (Å²) in [5.74, 6) is 0.129. The van der Waals surface area contributed by atoms with Crippen LogP contribution in [0.4, 0.5) is 5.13 Å². The molecule has 1 aromatic heterocycles. The lowest BCUT2D eigenvalue weighted by Crippen LogP contribution is -2.42. The van der Waals surface area contributed by atoms with Crippen molar-refractivity contribution in [3.05, 3.63) is 71.9 Å². The number of aromatic nitrogens is 1. The van der Waals surface area contributed by atoms with E-state index in [1.54, 1.807) is 11.3 Å². The molecular formula is C24H27N3OS. The fraction of sp³-hybridized carbons (Fsp3) is 0.333. The molecule has 0 N–H and O–H groups in total. The van der Waals surface area contributed by atoms with Crippen LogP contribution >= 0.6 is 11.3 Å². The Kier molecular flexibility index (Phi) is 6.37. The van der Waals surface area contributed by atoms with Gasteiger partial charge in [0.15, 0.2) is 5.13 Å². The summed E-state index contributed by atoms with van der Waals surface area (Å²) in [7, 11) is 0. The standard InChI is InChI=1S/C24H27N3OS/c1-19-23(21-13-7-3-8-14-21)29-24(25-19)27(17-20-11-5-2-6-12-20)22(28)18-26-15-9-4-10-16-26/h2-3,5-8,11-14H,4,9-10,15-18H2,1H3. The summed E-state index contributed by atoms with van der Waals surface area (Å²) in [5, 5.41) is 0.784. The second kappa shape index (κ2) is 9.33. The lowest BCUT2D eigenvalue weighted by atomic mass is 10.1. The van der Waals surface area contributed by atoms with Crippen LogP contribution < -0.4 is 4.90 Å². The van der Waals surface area contributed by atoms with Gasteiger partial charge in [-0.25, -0.2) is 4.98 Å². The second-order valence-electron chi connectivity index (χ2n) is 7.58. The Hall–Kier alpha value is -2.50. The molecule has 4 rings (SSSR count). The Balaban J connectivity index is 1.62. The molecule has 2 aromatic carbocycles. The van der Waals surface area contributed by atoms with Gasteiger partial charge < -0.3 is 0 Å². The highest BCUT2D eigenvalue weighted by atomic mass is 32.1. The molecule has 0 spiro atoms. The summed E-state index contributed by atoms with van der Waals surface area (Å²) in [6.45, 7) is 5.06. The molecule has 150 valence electrons. The molecule has 1 amide bonds. The number of carbonyl (C=O) groups excluding carboxylic acids is 1. The normalized spacial score (nSPS) is 14.7. The van der Waals surface area contributed by atoms with Crippen molar-refractivity contribution >= 4 is 22.4 Å². The third kappa shape index (κ3) is 4.92. The Morgan fingerprint density at radius 1 is 1.00 bits per heavy atom. The van der Waals surface area contributed by atoms with E-state index in [1.165, 1.54) is 19.3 Å². The molecule has 0 radical (unpaired) electrons. The van der Waals surface area contributed by atoms with Gasteiger partial charge in [0, 0.05) is 0 Å². The van der Waals surface area contributed by atoms with Crippen LogP contribution in [0.2, 0.25) is 0 Å². The van der Waals surface area contributed by atoms with E-state index in [1.807, 2.05) is 48.2 Å². The number of carbonyl (C=O) groups is 1. The van der Waals surface area contributed by atoms with Crippen LogP contribution in [0.3, 0.4) is 0 Å². The van der Waals surface area contributed by atoms with E-state index >= 15 is 0 Å². The molecule has 0 saturated carbocycles. The average Bonchev–Trinajstić information content (AvgIpc) is 3.15. The van der Waals surface area contributed by atoms with E-state index in [0.717, 1.165) is 39.9 Å². The summed E-state index contributed by atoms with van der Waals surface area (Å²) >= 11 is 1.61.